The molecule has 0 heterocycles. The summed E-state index contributed by atoms with van der Waals surface area (Å²) in [6.45, 7) is 7.56. The third-order valence-electron chi connectivity index (χ3n) is 4.79. The van der Waals surface area contributed by atoms with E-state index in [1.807, 2.05) is 6.07 Å². The number of rotatable bonds is 5. The summed E-state index contributed by atoms with van der Waals surface area (Å²) in [6.07, 6.45) is 1.38. The summed E-state index contributed by atoms with van der Waals surface area (Å²) in [5.41, 5.74) is 1.07. The second kappa shape index (κ2) is 7.35. The molecule has 0 spiro atoms. The fourth-order valence-electron chi connectivity index (χ4n) is 3.52. The van der Waals surface area contributed by atoms with Gasteiger partial charge >= 0.3 is 0 Å². The van der Waals surface area contributed by atoms with Crippen molar-refractivity contribution in [1.29, 1.82) is 0 Å². The van der Waals surface area contributed by atoms with E-state index in [0.29, 0.717) is 24.4 Å². The minimum atomic E-state index is -2.39. The highest BCUT2D eigenvalue weighted by Gasteiger charge is 2.30. The third-order valence-corrected chi connectivity index (χ3v) is 4.79. The summed E-state index contributed by atoms with van der Waals surface area (Å²) in [5.74, 6) is 2.12. The van der Waals surface area contributed by atoms with Crippen LogP contribution in [0.15, 0.2) is 24.3 Å². The van der Waals surface area contributed by atoms with E-state index < -0.39 is 6.43 Å². The lowest BCUT2D eigenvalue weighted by Gasteiger charge is -2.38. The lowest BCUT2D eigenvalue weighted by atomic mass is 9.74. The fourth-order valence-corrected chi connectivity index (χ4v) is 3.52. The molecule has 2 rings (SSSR count). The lowest BCUT2D eigenvalue weighted by molar-refractivity contribution is 0.151. The molecular weight excluding hydrogens is 268 g/mol. The van der Waals surface area contributed by atoms with Gasteiger partial charge in [-0.15, -0.1) is 0 Å². The molecule has 1 aliphatic carbocycles. The van der Waals surface area contributed by atoms with E-state index >= 15 is 0 Å². The number of halogens is 2. The Morgan fingerprint density at radius 3 is 2.67 bits per heavy atom. The average Bonchev–Trinajstić information content (AvgIpc) is 2.45. The SMILES string of the molecule is CC1CCC(C(C)C)C(NCc2cccc(C(F)F)c2)C1. The average molecular weight is 295 g/mol. The van der Waals surface area contributed by atoms with Gasteiger partial charge in [0, 0.05) is 18.2 Å². The molecule has 0 saturated heterocycles. The Balaban J connectivity index is 1.98. The van der Waals surface area contributed by atoms with Crippen molar-refractivity contribution in [3.05, 3.63) is 35.4 Å². The van der Waals surface area contributed by atoms with Crippen LogP contribution in [-0.2, 0) is 6.54 Å². The Morgan fingerprint density at radius 2 is 2.00 bits per heavy atom. The highest BCUT2D eigenvalue weighted by atomic mass is 19.3. The van der Waals surface area contributed by atoms with Gasteiger partial charge in [-0.3, -0.25) is 0 Å². The van der Waals surface area contributed by atoms with Crippen LogP contribution in [0.3, 0.4) is 0 Å². The molecule has 0 aliphatic heterocycles. The maximum Gasteiger partial charge on any atom is 0.263 e. The number of hydrogen-bond donors (Lipinski definition) is 1. The number of nitrogens with one attached hydrogen (secondary N) is 1. The molecule has 3 unspecified atom stereocenters. The molecule has 0 amide bonds. The van der Waals surface area contributed by atoms with Crippen molar-refractivity contribution >= 4 is 0 Å². The minimum Gasteiger partial charge on any atom is -0.310 e. The first kappa shape index (κ1) is 16.4. The molecule has 1 aromatic rings. The van der Waals surface area contributed by atoms with Crippen molar-refractivity contribution in [2.75, 3.05) is 0 Å². The monoisotopic (exact) mass is 295 g/mol. The summed E-state index contributed by atoms with van der Waals surface area (Å²) in [6, 6.07) is 7.27. The molecular formula is C18H27F2N. The molecule has 1 nitrogen and oxygen atoms in total. The summed E-state index contributed by atoms with van der Waals surface area (Å²) < 4.78 is 25.5. The van der Waals surface area contributed by atoms with E-state index in [2.05, 4.69) is 26.1 Å². The van der Waals surface area contributed by atoms with Crippen LogP contribution < -0.4 is 5.32 Å². The second-order valence-corrected chi connectivity index (χ2v) is 6.86. The molecule has 0 aromatic heterocycles. The maximum atomic E-state index is 12.7. The van der Waals surface area contributed by atoms with Gasteiger partial charge in [-0.2, -0.15) is 0 Å². The maximum absolute atomic E-state index is 12.7. The molecule has 3 heteroatoms. The van der Waals surface area contributed by atoms with Crippen LogP contribution >= 0.6 is 0 Å². The Hall–Kier alpha value is -0.960. The standard InChI is InChI=1S/C18H27F2N/c1-12(2)16-8-7-13(3)9-17(16)21-11-14-5-4-6-15(10-14)18(19)20/h4-6,10,12-13,16-18,21H,7-9,11H2,1-3H3. The zero-order valence-electron chi connectivity index (χ0n) is 13.3. The van der Waals surface area contributed by atoms with Crippen LogP contribution in [0.1, 0.15) is 57.6 Å². The zero-order chi connectivity index (χ0) is 15.4. The minimum absolute atomic E-state index is 0.117. The topological polar surface area (TPSA) is 12.0 Å². The van der Waals surface area contributed by atoms with E-state index in [-0.39, 0.29) is 5.56 Å². The van der Waals surface area contributed by atoms with Crippen LogP contribution in [0.25, 0.3) is 0 Å². The molecule has 0 bridgehead atoms. The molecule has 1 aromatic carbocycles. The van der Waals surface area contributed by atoms with Crippen molar-refractivity contribution < 1.29 is 8.78 Å². The van der Waals surface area contributed by atoms with E-state index in [4.69, 9.17) is 0 Å². The summed E-state index contributed by atoms with van der Waals surface area (Å²) in [7, 11) is 0. The van der Waals surface area contributed by atoms with Crippen molar-refractivity contribution in [2.45, 2.75) is 59.0 Å². The van der Waals surface area contributed by atoms with Crippen molar-refractivity contribution in [1.82, 2.24) is 5.32 Å². The quantitative estimate of drug-likeness (QED) is 0.789. The predicted molar refractivity (Wildman–Crippen MR) is 83.4 cm³/mol. The van der Waals surface area contributed by atoms with Gasteiger partial charge in [-0.1, -0.05) is 45.4 Å². The number of hydrogen-bond acceptors (Lipinski definition) is 1. The van der Waals surface area contributed by atoms with Crippen LogP contribution in [-0.4, -0.2) is 6.04 Å². The van der Waals surface area contributed by atoms with Gasteiger partial charge in [-0.25, -0.2) is 8.78 Å². The first-order chi connectivity index (χ1) is 9.97. The molecule has 1 aliphatic rings. The van der Waals surface area contributed by atoms with E-state index in [1.54, 1.807) is 12.1 Å². The van der Waals surface area contributed by atoms with Gasteiger partial charge in [0.15, 0.2) is 0 Å². The van der Waals surface area contributed by atoms with Gasteiger partial charge < -0.3 is 5.32 Å². The number of benzene rings is 1. The van der Waals surface area contributed by atoms with Crippen molar-refractivity contribution in [3.8, 4) is 0 Å². The van der Waals surface area contributed by atoms with E-state index in [0.717, 1.165) is 11.5 Å². The van der Waals surface area contributed by atoms with Crippen LogP contribution in [0.2, 0.25) is 0 Å². The summed E-state index contributed by atoms with van der Waals surface area (Å²) in [5, 5.41) is 3.62. The first-order valence-corrected chi connectivity index (χ1v) is 8.07. The van der Waals surface area contributed by atoms with Gasteiger partial charge in [0.25, 0.3) is 6.43 Å². The molecule has 21 heavy (non-hydrogen) atoms. The normalized spacial score (nSPS) is 26.5. The highest BCUT2D eigenvalue weighted by Crippen LogP contribution is 2.33. The highest BCUT2D eigenvalue weighted by molar-refractivity contribution is 5.24. The van der Waals surface area contributed by atoms with E-state index in [9.17, 15) is 8.78 Å². The molecule has 1 N–H and O–H groups in total. The molecule has 118 valence electrons. The Morgan fingerprint density at radius 1 is 1.24 bits per heavy atom. The summed E-state index contributed by atoms with van der Waals surface area (Å²) >= 11 is 0. The van der Waals surface area contributed by atoms with Gasteiger partial charge in [-0.05, 0) is 42.2 Å². The van der Waals surface area contributed by atoms with Gasteiger partial charge in [0.2, 0.25) is 0 Å². The smallest absolute Gasteiger partial charge is 0.263 e. The van der Waals surface area contributed by atoms with Gasteiger partial charge in [0.05, 0.1) is 0 Å². The summed E-state index contributed by atoms with van der Waals surface area (Å²) in [4.78, 5) is 0. The van der Waals surface area contributed by atoms with Crippen LogP contribution in [0.5, 0.6) is 0 Å². The van der Waals surface area contributed by atoms with Gasteiger partial charge in [0.1, 0.15) is 0 Å². The lowest BCUT2D eigenvalue weighted by Crippen LogP contribution is -2.42. The molecule has 3 atom stereocenters. The third kappa shape index (κ3) is 4.50. The Bertz CT molecular complexity index is 445. The van der Waals surface area contributed by atoms with Crippen LogP contribution in [0, 0.1) is 17.8 Å². The fraction of sp³-hybridized carbons (Fsp3) is 0.667. The zero-order valence-corrected chi connectivity index (χ0v) is 13.3. The Labute approximate surface area is 127 Å². The first-order valence-electron chi connectivity index (χ1n) is 8.07. The van der Waals surface area contributed by atoms with Crippen molar-refractivity contribution in [3.63, 3.8) is 0 Å². The Kier molecular flexibility index (Phi) is 5.74. The van der Waals surface area contributed by atoms with E-state index in [1.165, 1.54) is 25.3 Å². The number of alkyl halides is 2. The molecule has 1 saturated carbocycles. The second-order valence-electron chi connectivity index (χ2n) is 6.86. The predicted octanol–water partition coefficient (Wildman–Crippen LogP) is 5.17. The molecule has 0 radical (unpaired) electrons. The largest absolute Gasteiger partial charge is 0.310 e. The molecule has 1 fully saturated rings. The van der Waals surface area contributed by atoms with Crippen LogP contribution in [0.4, 0.5) is 8.78 Å². The van der Waals surface area contributed by atoms with Crippen molar-refractivity contribution in [2.24, 2.45) is 17.8 Å².